The molecule has 0 aliphatic rings. The number of aliphatic hydroxyl groups excluding tert-OH is 5. The molecule has 23 heavy (non-hydrogen) atoms. The number of hydrogen-bond acceptors (Lipinski definition) is 9. The number of aliphatic hydroxyl groups is 5. The Balaban J connectivity index is -0.000000264. The summed E-state index contributed by atoms with van der Waals surface area (Å²) < 4.78 is 0. The monoisotopic (exact) mass is 344 g/mol. The van der Waals surface area contributed by atoms with Gasteiger partial charge in [-0.3, -0.25) is 4.79 Å². The van der Waals surface area contributed by atoms with Crippen molar-refractivity contribution < 1.29 is 45.3 Å². The first-order valence-corrected chi connectivity index (χ1v) is 6.84. The Morgan fingerprint density at radius 3 is 1.17 bits per heavy atom. The third kappa shape index (κ3) is 33.5. The highest BCUT2D eigenvalue weighted by Gasteiger charge is 2.16. The topological polar surface area (TPSA) is 200 Å². The molecule has 0 fully saturated rings. The van der Waals surface area contributed by atoms with E-state index in [1.165, 1.54) is 0 Å². The number of hydrogen-bond donors (Lipinski definition) is 9. The standard InChI is InChI=1S/2C4H11NO2.C4H6O5/c2*6-3-1-5-2-4-7;5-2(4(8)9)1-3(6)7/h2*5-7H,1-4H2;2,5H,1H2,(H,6,7)(H,8,9). The fourth-order valence-corrected chi connectivity index (χ4v) is 0.819. The van der Waals surface area contributed by atoms with Crippen molar-refractivity contribution in [2.75, 3.05) is 52.6 Å². The van der Waals surface area contributed by atoms with Crippen LogP contribution in [0.1, 0.15) is 6.42 Å². The number of rotatable bonds is 11. The maximum absolute atomic E-state index is 9.72. The summed E-state index contributed by atoms with van der Waals surface area (Å²) in [5.74, 6) is -2.85. The highest BCUT2D eigenvalue weighted by atomic mass is 16.4. The van der Waals surface area contributed by atoms with Crippen LogP contribution >= 0.6 is 0 Å². The van der Waals surface area contributed by atoms with Gasteiger partial charge in [0.1, 0.15) is 0 Å². The van der Waals surface area contributed by atoms with Crippen LogP contribution in [0.4, 0.5) is 0 Å². The number of carbonyl (C=O) groups is 2. The Morgan fingerprint density at radius 1 is 0.739 bits per heavy atom. The molecule has 0 saturated heterocycles. The molecule has 0 saturated carbocycles. The molecule has 0 amide bonds. The van der Waals surface area contributed by atoms with E-state index < -0.39 is 24.5 Å². The summed E-state index contributed by atoms with van der Waals surface area (Å²) in [4.78, 5) is 19.4. The summed E-state index contributed by atoms with van der Waals surface area (Å²) >= 11 is 0. The summed E-state index contributed by atoms with van der Waals surface area (Å²) in [5, 5.41) is 62.3. The van der Waals surface area contributed by atoms with Crippen LogP contribution in [-0.4, -0.2) is 106 Å². The van der Waals surface area contributed by atoms with Gasteiger partial charge in [0.05, 0.1) is 32.8 Å². The molecular formula is C12H28N2O9. The lowest BCUT2D eigenvalue weighted by atomic mass is 10.3. The fourth-order valence-electron chi connectivity index (χ4n) is 0.819. The molecule has 11 heteroatoms. The normalized spacial score (nSPS) is 10.7. The highest BCUT2D eigenvalue weighted by Crippen LogP contribution is 1.89. The van der Waals surface area contributed by atoms with Gasteiger partial charge in [0.15, 0.2) is 6.10 Å². The third-order valence-corrected chi connectivity index (χ3v) is 1.81. The van der Waals surface area contributed by atoms with Gasteiger partial charge in [-0.2, -0.15) is 0 Å². The van der Waals surface area contributed by atoms with Crippen molar-refractivity contribution in [3.05, 3.63) is 0 Å². The van der Waals surface area contributed by atoms with Crippen LogP contribution in [0.2, 0.25) is 0 Å². The third-order valence-electron chi connectivity index (χ3n) is 1.81. The maximum Gasteiger partial charge on any atom is 0.333 e. The first-order valence-electron chi connectivity index (χ1n) is 6.84. The molecule has 0 aliphatic carbocycles. The summed E-state index contributed by atoms with van der Waals surface area (Å²) in [6.45, 7) is 2.84. The first-order chi connectivity index (χ1) is 10.9. The van der Waals surface area contributed by atoms with Gasteiger partial charge in [0.25, 0.3) is 0 Å². The van der Waals surface area contributed by atoms with E-state index in [0.29, 0.717) is 26.2 Å². The quantitative estimate of drug-likeness (QED) is 0.165. The maximum atomic E-state index is 9.72. The van der Waals surface area contributed by atoms with E-state index in [-0.39, 0.29) is 26.4 Å². The Labute approximate surface area is 134 Å². The molecule has 0 heterocycles. The second-order valence-corrected chi connectivity index (χ2v) is 3.85. The van der Waals surface area contributed by atoms with Crippen molar-refractivity contribution in [2.45, 2.75) is 12.5 Å². The van der Waals surface area contributed by atoms with E-state index in [2.05, 4.69) is 10.6 Å². The summed E-state index contributed by atoms with van der Waals surface area (Å²) in [6, 6.07) is 0. The molecule has 0 aromatic heterocycles. The number of aliphatic carboxylic acids is 2. The van der Waals surface area contributed by atoms with Crippen molar-refractivity contribution in [2.24, 2.45) is 0 Å². The summed E-state index contributed by atoms with van der Waals surface area (Å²) in [5.41, 5.74) is 0. The van der Waals surface area contributed by atoms with Gasteiger partial charge < -0.3 is 46.4 Å². The van der Waals surface area contributed by atoms with Crippen LogP contribution in [0, 0.1) is 0 Å². The predicted octanol–water partition coefficient (Wildman–Crippen LogP) is -3.97. The van der Waals surface area contributed by atoms with Crippen molar-refractivity contribution in [1.82, 2.24) is 10.6 Å². The first kappa shape index (κ1) is 26.6. The lowest BCUT2D eigenvalue weighted by Crippen LogP contribution is -2.22. The zero-order chi connectivity index (χ0) is 18.5. The molecule has 9 N–H and O–H groups in total. The van der Waals surface area contributed by atoms with Crippen molar-refractivity contribution in [3.8, 4) is 0 Å². The van der Waals surface area contributed by atoms with Gasteiger partial charge in [0, 0.05) is 26.2 Å². The molecule has 140 valence electrons. The predicted molar refractivity (Wildman–Crippen MR) is 80.0 cm³/mol. The van der Waals surface area contributed by atoms with Crippen molar-refractivity contribution >= 4 is 11.9 Å². The van der Waals surface area contributed by atoms with Crippen LogP contribution in [0.25, 0.3) is 0 Å². The van der Waals surface area contributed by atoms with Gasteiger partial charge in [0.2, 0.25) is 0 Å². The number of carboxylic acid groups (broad SMARTS) is 2. The highest BCUT2D eigenvalue weighted by molar-refractivity contribution is 5.79. The minimum absolute atomic E-state index is 0.139. The fraction of sp³-hybridized carbons (Fsp3) is 0.833. The minimum atomic E-state index is -1.79. The van der Waals surface area contributed by atoms with Crippen molar-refractivity contribution in [1.29, 1.82) is 0 Å². The molecule has 0 bridgehead atoms. The smallest absolute Gasteiger partial charge is 0.333 e. The van der Waals surface area contributed by atoms with E-state index in [1.54, 1.807) is 0 Å². The average Bonchev–Trinajstić information content (AvgIpc) is 2.49. The lowest BCUT2D eigenvalue weighted by molar-refractivity contribution is -0.152. The van der Waals surface area contributed by atoms with Crippen LogP contribution < -0.4 is 10.6 Å². The number of nitrogens with one attached hydrogen (secondary N) is 2. The summed E-state index contributed by atoms with van der Waals surface area (Å²) in [6.07, 6.45) is -2.54. The van der Waals surface area contributed by atoms with E-state index >= 15 is 0 Å². The van der Waals surface area contributed by atoms with Gasteiger partial charge in [-0.15, -0.1) is 0 Å². The molecule has 0 spiro atoms. The van der Waals surface area contributed by atoms with Gasteiger partial charge >= 0.3 is 11.9 Å². The zero-order valence-electron chi connectivity index (χ0n) is 12.9. The van der Waals surface area contributed by atoms with Crippen LogP contribution in [0.3, 0.4) is 0 Å². The van der Waals surface area contributed by atoms with E-state index in [1.807, 2.05) is 0 Å². The molecular weight excluding hydrogens is 316 g/mol. The molecule has 0 aromatic rings. The number of carboxylic acids is 2. The molecule has 0 aromatic carbocycles. The lowest BCUT2D eigenvalue weighted by Gasteiger charge is -1.97. The second kappa shape index (κ2) is 22.9. The van der Waals surface area contributed by atoms with Crippen LogP contribution in [-0.2, 0) is 9.59 Å². The Bertz CT molecular complexity index is 249. The minimum Gasteiger partial charge on any atom is -0.481 e. The Morgan fingerprint density at radius 2 is 1.04 bits per heavy atom. The summed E-state index contributed by atoms with van der Waals surface area (Å²) in [7, 11) is 0. The molecule has 1 unspecified atom stereocenters. The molecule has 0 radical (unpaired) electrons. The largest absolute Gasteiger partial charge is 0.481 e. The Hall–Kier alpha value is -1.34. The van der Waals surface area contributed by atoms with Gasteiger partial charge in [-0.25, -0.2) is 4.79 Å². The van der Waals surface area contributed by atoms with Crippen LogP contribution in [0.15, 0.2) is 0 Å². The molecule has 0 aliphatic heterocycles. The van der Waals surface area contributed by atoms with Gasteiger partial charge in [-0.1, -0.05) is 0 Å². The molecule has 1 atom stereocenters. The van der Waals surface area contributed by atoms with Crippen molar-refractivity contribution in [3.63, 3.8) is 0 Å². The van der Waals surface area contributed by atoms with Crippen LogP contribution in [0.5, 0.6) is 0 Å². The SMILES string of the molecule is O=C(O)CC(O)C(=O)O.OCCNCCO.OCCNCCO. The van der Waals surface area contributed by atoms with E-state index in [0.717, 1.165) is 0 Å². The zero-order valence-corrected chi connectivity index (χ0v) is 12.9. The average molecular weight is 344 g/mol. The van der Waals surface area contributed by atoms with E-state index in [4.69, 9.17) is 35.7 Å². The second-order valence-electron chi connectivity index (χ2n) is 3.85. The molecule has 11 nitrogen and oxygen atoms in total. The Kier molecular flexibility index (Phi) is 26.5. The van der Waals surface area contributed by atoms with Gasteiger partial charge in [-0.05, 0) is 0 Å². The molecule has 0 rings (SSSR count). The van der Waals surface area contributed by atoms with E-state index in [9.17, 15) is 9.59 Å².